The molecule has 0 spiro atoms. The molecule has 1 atom stereocenters. The van der Waals surface area contributed by atoms with Gasteiger partial charge >= 0.3 is 6.61 Å². The summed E-state index contributed by atoms with van der Waals surface area (Å²) in [6.07, 6.45) is 0.873. The van der Waals surface area contributed by atoms with Crippen molar-refractivity contribution >= 4 is 27.3 Å². The molecule has 1 saturated carbocycles. The molecule has 180 valence electrons. The summed E-state index contributed by atoms with van der Waals surface area (Å²) in [5.41, 5.74) is 1.21. The maximum atomic E-state index is 13.2. The maximum Gasteiger partial charge on any atom is 0.345 e. The minimum atomic E-state index is -3.64. The number of alkyl halides is 2. The fourth-order valence-electron chi connectivity index (χ4n) is 4.05. The van der Waals surface area contributed by atoms with Crippen LogP contribution in [0.2, 0.25) is 0 Å². The van der Waals surface area contributed by atoms with Crippen molar-refractivity contribution < 1.29 is 26.7 Å². The maximum absolute atomic E-state index is 13.2. The number of hydrogen-bond donors (Lipinski definition) is 1. The van der Waals surface area contributed by atoms with E-state index in [1.165, 1.54) is 0 Å². The molecule has 2 aliphatic rings. The Hall–Kier alpha value is -2.37. The summed E-state index contributed by atoms with van der Waals surface area (Å²) < 4.78 is 59.5. The zero-order valence-electron chi connectivity index (χ0n) is 18.4. The minimum absolute atomic E-state index is 0.00197. The molecule has 33 heavy (non-hydrogen) atoms. The largest absolute Gasteiger partial charge is 0.377 e. The van der Waals surface area contributed by atoms with Gasteiger partial charge in [0.2, 0.25) is 5.95 Å². The highest BCUT2D eigenvalue weighted by atomic mass is 32.2. The Morgan fingerprint density at radius 3 is 2.70 bits per heavy atom. The lowest BCUT2D eigenvalue weighted by molar-refractivity contribution is -0.128. The molecule has 0 amide bonds. The van der Waals surface area contributed by atoms with Crippen molar-refractivity contribution in [2.45, 2.75) is 43.6 Å². The van der Waals surface area contributed by atoms with Gasteiger partial charge in [0.05, 0.1) is 37.3 Å². The molecular formula is C22H28F2N4O4S. The van der Waals surface area contributed by atoms with Crippen LogP contribution < -0.4 is 10.2 Å². The smallest absolute Gasteiger partial charge is 0.345 e. The standard InChI is InChI=1S/C22H28F2N4O4S/c1-16-15-31-12-10-28(16)19-14-18(26-21(27-19)25-17-6-3-2-4-7-17)22(8-9-22)33(29,30)13-5-11-32-20(23)24/h2-4,6-7,14,16,20H,5,8-13,15H2,1H3,(H,25,26,27)/t16-/m0/s1. The van der Waals surface area contributed by atoms with Crippen LogP contribution in [-0.4, -0.2) is 63.2 Å². The van der Waals surface area contributed by atoms with E-state index in [4.69, 9.17) is 4.74 Å². The van der Waals surface area contributed by atoms with E-state index in [-0.39, 0.29) is 24.8 Å². The van der Waals surface area contributed by atoms with Crippen LogP contribution in [0.3, 0.4) is 0 Å². The van der Waals surface area contributed by atoms with E-state index in [0.717, 1.165) is 5.69 Å². The first-order valence-corrected chi connectivity index (χ1v) is 12.6. The lowest BCUT2D eigenvalue weighted by atomic mass is 10.2. The van der Waals surface area contributed by atoms with Crippen molar-refractivity contribution in [1.82, 2.24) is 9.97 Å². The Labute approximate surface area is 192 Å². The molecule has 2 fully saturated rings. The van der Waals surface area contributed by atoms with Gasteiger partial charge in [-0.25, -0.2) is 13.4 Å². The fraction of sp³-hybridized carbons (Fsp3) is 0.545. The van der Waals surface area contributed by atoms with Gasteiger partial charge in [0.1, 0.15) is 10.6 Å². The third kappa shape index (κ3) is 5.42. The van der Waals surface area contributed by atoms with Crippen LogP contribution in [0.4, 0.5) is 26.2 Å². The SMILES string of the molecule is C[C@H]1COCCN1c1cc(C2(S(=O)(=O)CCCOC(F)F)CC2)nc(Nc2ccccc2)n1. The van der Waals surface area contributed by atoms with Gasteiger partial charge < -0.3 is 19.7 Å². The first-order valence-electron chi connectivity index (χ1n) is 11.0. The van der Waals surface area contributed by atoms with E-state index in [1.807, 2.05) is 37.3 Å². The molecule has 1 aliphatic heterocycles. The van der Waals surface area contributed by atoms with Gasteiger partial charge in [-0.3, -0.25) is 0 Å². The van der Waals surface area contributed by atoms with E-state index >= 15 is 0 Å². The Bertz CT molecular complexity index is 1050. The molecule has 0 radical (unpaired) electrons. The number of aromatic nitrogens is 2. The number of nitrogens with zero attached hydrogens (tertiary/aromatic N) is 3. The number of sulfone groups is 1. The van der Waals surface area contributed by atoms with Gasteiger partial charge in [0, 0.05) is 18.3 Å². The summed E-state index contributed by atoms with van der Waals surface area (Å²) >= 11 is 0. The van der Waals surface area contributed by atoms with Gasteiger partial charge in [0.15, 0.2) is 9.84 Å². The molecular weight excluding hydrogens is 454 g/mol. The van der Waals surface area contributed by atoms with Crippen LogP contribution in [0.5, 0.6) is 0 Å². The third-order valence-electron chi connectivity index (χ3n) is 5.97. The van der Waals surface area contributed by atoms with Gasteiger partial charge in [-0.2, -0.15) is 13.8 Å². The summed E-state index contributed by atoms with van der Waals surface area (Å²) in [4.78, 5) is 11.4. The molecule has 1 aromatic carbocycles. The highest BCUT2D eigenvalue weighted by Gasteiger charge is 2.57. The van der Waals surface area contributed by atoms with Crippen molar-refractivity contribution in [3.05, 3.63) is 42.1 Å². The Morgan fingerprint density at radius 1 is 1.27 bits per heavy atom. The molecule has 4 rings (SSSR count). The number of para-hydroxylation sites is 1. The fourth-order valence-corrected chi connectivity index (χ4v) is 6.08. The molecule has 1 aliphatic carbocycles. The zero-order valence-corrected chi connectivity index (χ0v) is 19.2. The second-order valence-electron chi connectivity index (χ2n) is 8.34. The van der Waals surface area contributed by atoms with Crippen molar-refractivity contribution in [3.8, 4) is 0 Å². The lowest BCUT2D eigenvalue weighted by Gasteiger charge is -2.34. The van der Waals surface area contributed by atoms with E-state index in [9.17, 15) is 17.2 Å². The number of halogens is 2. The molecule has 0 unspecified atom stereocenters. The third-order valence-corrected chi connectivity index (χ3v) is 8.61. The number of benzene rings is 1. The number of hydrogen-bond acceptors (Lipinski definition) is 8. The second-order valence-corrected chi connectivity index (χ2v) is 10.8. The van der Waals surface area contributed by atoms with Crippen LogP contribution >= 0.6 is 0 Å². The number of anilines is 3. The first kappa shape index (κ1) is 23.8. The molecule has 1 aromatic heterocycles. The lowest BCUT2D eigenvalue weighted by Crippen LogP contribution is -2.44. The number of rotatable bonds is 10. The highest BCUT2D eigenvalue weighted by molar-refractivity contribution is 7.92. The van der Waals surface area contributed by atoms with Crippen LogP contribution in [0, 0.1) is 0 Å². The van der Waals surface area contributed by atoms with Crippen LogP contribution in [0.1, 0.15) is 31.9 Å². The van der Waals surface area contributed by atoms with Crippen molar-refractivity contribution in [2.24, 2.45) is 0 Å². The van der Waals surface area contributed by atoms with Gasteiger partial charge in [-0.1, -0.05) is 18.2 Å². The summed E-state index contributed by atoms with van der Waals surface area (Å²) in [6, 6.07) is 11.2. The monoisotopic (exact) mass is 482 g/mol. The second kappa shape index (κ2) is 9.86. The topological polar surface area (TPSA) is 93.7 Å². The van der Waals surface area contributed by atoms with Crippen LogP contribution in [-0.2, 0) is 24.1 Å². The molecule has 1 N–H and O–H groups in total. The Morgan fingerprint density at radius 2 is 2.03 bits per heavy atom. The molecule has 11 heteroatoms. The summed E-state index contributed by atoms with van der Waals surface area (Å²) in [5.74, 6) is 0.709. The number of ether oxygens (including phenoxy) is 2. The highest BCUT2D eigenvalue weighted by Crippen LogP contribution is 2.53. The van der Waals surface area contributed by atoms with E-state index in [2.05, 4.69) is 24.9 Å². The molecule has 0 bridgehead atoms. The summed E-state index contributed by atoms with van der Waals surface area (Å²) in [5, 5.41) is 3.18. The molecule has 8 nitrogen and oxygen atoms in total. The molecule has 2 heterocycles. The predicted octanol–water partition coefficient (Wildman–Crippen LogP) is 3.48. The number of nitrogens with one attached hydrogen (secondary N) is 1. The average molecular weight is 483 g/mol. The Balaban J connectivity index is 1.64. The van der Waals surface area contributed by atoms with Crippen LogP contribution in [0.15, 0.2) is 36.4 Å². The summed E-state index contributed by atoms with van der Waals surface area (Å²) in [7, 11) is -3.64. The van der Waals surface area contributed by atoms with E-state index in [1.54, 1.807) is 6.07 Å². The normalized spacial score (nSPS) is 20.1. The van der Waals surface area contributed by atoms with Gasteiger partial charge in [-0.15, -0.1) is 0 Å². The van der Waals surface area contributed by atoms with Crippen LogP contribution in [0.25, 0.3) is 0 Å². The van der Waals surface area contributed by atoms with E-state index in [0.29, 0.717) is 50.1 Å². The average Bonchev–Trinajstić information content (AvgIpc) is 3.60. The Kier molecular flexibility index (Phi) is 7.10. The predicted molar refractivity (Wildman–Crippen MR) is 121 cm³/mol. The van der Waals surface area contributed by atoms with Gasteiger partial charge in [-0.05, 0) is 38.3 Å². The minimum Gasteiger partial charge on any atom is -0.377 e. The molecule has 1 saturated heterocycles. The van der Waals surface area contributed by atoms with Crippen molar-refractivity contribution in [1.29, 1.82) is 0 Å². The number of morpholine rings is 1. The molecule has 2 aromatic rings. The summed E-state index contributed by atoms with van der Waals surface area (Å²) in [6.45, 7) is 0.542. The van der Waals surface area contributed by atoms with E-state index < -0.39 is 21.2 Å². The van der Waals surface area contributed by atoms with Crippen molar-refractivity contribution in [2.75, 3.05) is 42.3 Å². The van der Waals surface area contributed by atoms with Crippen molar-refractivity contribution in [3.63, 3.8) is 0 Å². The quantitative estimate of drug-likeness (QED) is 0.515. The first-order chi connectivity index (χ1) is 15.8. The van der Waals surface area contributed by atoms with Gasteiger partial charge in [0.25, 0.3) is 0 Å². The zero-order chi connectivity index (χ0) is 23.5.